The van der Waals surface area contributed by atoms with E-state index >= 15 is 0 Å². The molecule has 0 aromatic carbocycles. The van der Waals surface area contributed by atoms with Gasteiger partial charge in [0.25, 0.3) is 0 Å². The normalized spacial score (nSPS) is 10.4. The molecular formula is C10H7ClFN3O. The highest BCUT2D eigenvalue weighted by molar-refractivity contribution is 6.34. The summed E-state index contributed by atoms with van der Waals surface area (Å²) in [5, 5.41) is 4.07. The van der Waals surface area contributed by atoms with Crippen LogP contribution in [0.25, 0.3) is 0 Å². The molecule has 0 unspecified atom stereocenters. The molecule has 0 N–H and O–H groups in total. The molecule has 0 radical (unpaired) electrons. The summed E-state index contributed by atoms with van der Waals surface area (Å²) in [5.74, 6) is -0.971. The molecule has 2 aromatic heterocycles. The molecule has 4 nitrogen and oxygen atoms in total. The van der Waals surface area contributed by atoms with Gasteiger partial charge in [-0.3, -0.25) is 14.5 Å². The molecule has 16 heavy (non-hydrogen) atoms. The first kappa shape index (κ1) is 10.8. The van der Waals surface area contributed by atoms with Gasteiger partial charge >= 0.3 is 0 Å². The lowest BCUT2D eigenvalue weighted by atomic mass is 10.1. The number of ketones is 1. The fraction of sp³-hybridized carbons (Fsp3) is 0.100. The molecule has 0 bridgehead atoms. The van der Waals surface area contributed by atoms with E-state index in [2.05, 4.69) is 10.1 Å². The van der Waals surface area contributed by atoms with Gasteiger partial charge in [-0.25, -0.2) is 4.39 Å². The maximum Gasteiger partial charge on any atom is 0.214 e. The number of halogens is 2. The van der Waals surface area contributed by atoms with E-state index in [9.17, 15) is 9.18 Å². The predicted octanol–water partition coefficient (Wildman–Crippen LogP) is 1.84. The highest BCUT2D eigenvalue weighted by Crippen LogP contribution is 2.18. The molecule has 0 atom stereocenters. The SMILES string of the molecule is Cn1ncc(Cl)c1C(=O)c1cncc(F)c1. The smallest absolute Gasteiger partial charge is 0.214 e. The standard InChI is InChI=1S/C10H7ClFN3O/c1-15-9(8(11)5-14-15)10(16)6-2-7(12)4-13-3-6/h2-5H,1H3. The van der Waals surface area contributed by atoms with Crippen molar-refractivity contribution in [3.63, 3.8) is 0 Å². The lowest BCUT2D eigenvalue weighted by Crippen LogP contribution is -2.09. The first-order valence-electron chi connectivity index (χ1n) is 4.42. The Labute approximate surface area is 95.7 Å². The van der Waals surface area contributed by atoms with Crippen molar-refractivity contribution in [2.75, 3.05) is 0 Å². The first-order chi connectivity index (χ1) is 7.59. The topological polar surface area (TPSA) is 47.8 Å². The zero-order valence-corrected chi connectivity index (χ0v) is 9.07. The van der Waals surface area contributed by atoms with E-state index in [1.807, 2.05) is 0 Å². The summed E-state index contributed by atoms with van der Waals surface area (Å²) in [4.78, 5) is 15.6. The zero-order chi connectivity index (χ0) is 11.7. The van der Waals surface area contributed by atoms with Gasteiger partial charge in [-0.05, 0) is 6.07 Å². The maximum absolute atomic E-state index is 12.9. The van der Waals surface area contributed by atoms with Crippen molar-refractivity contribution in [2.45, 2.75) is 0 Å². The van der Waals surface area contributed by atoms with Crippen molar-refractivity contribution in [3.05, 3.63) is 46.8 Å². The lowest BCUT2D eigenvalue weighted by Gasteiger charge is -2.01. The van der Waals surface area contributed by atoms with Crippen LogP contribution in [0.4, 0.5) is 4.39 Å². The fourth-order valence-electron chi connectivity index (χ4n) is 1.34. The Hall–Kier alpha value is -1.75. The summed E-state index contributed by atoms with van der Waals surface area (Å²) in [5.41, 5.74) is 0.361. The van der Waals surface area contributed by atoms with Crippen LogP contribution in [0.5, 0.6) is 0 Å². The summed E-state index contributed by atoms with van der Waals surface area (Å²) in [7, 11) is 1.59. The predicted molar refractivity (Wildman–Crippen MR) is 55.8 cm³/mol. The molecule has 2 aromatic rings. The van der Waals surface area contributed by atoms with Crippen molar-refractivity contribution in [2.24, 2.45) is 7.05 Å². The van der Waals surface area contributed by atoms with Crippen LogP contribution in [-0.2, 0) is 7.05 Å². The minimum Gasteiger partial charge on any atom is -0.287 e. The summed E-state index contributed by atoms with van der Waals surface area (Å²) in [6, 6.07) is 1.11. The number of carbonyl (C=O) groups is 1. The van der Waals surface area contributed by atoms with E-state index in [0.29, 0.717) is 0 Å². The van der Waals surface area contributed by atoms with Gasteiger partial charge in [-0.2, -0.15) is 5.10 Å². The Morgan fingerprint density at radius 1 is 1.44 bits per heavy atom. The molecule has 0 aliphatic carbocycles. The third-order valence-corrected chi connectivity index (χ3v) is 2.35. The van der Waals surface area contributed by atoms with Gasteiger partial charge in [0.15, 0.2) is 0 Å². The molecule has 0 aliphatic rings. The van der Waals surface area contributed by atoms with Gasteiger partial charge in [0.1, 0.15) is 11.5 Å². The van der Waals surface area contributed by atoms with Gasteiger partial charge in [0.05, 0.1) is 17.4 Å². The molecule has 0 aliphatic heterocycles. The zero-order valence-electron chi connectivity index (χ0n) is 8.32. The van der Waals surface area contributed by atoms with Gasteiger partial charge in [-0.15, -0.1) is 0 Å². The Balaban J connectivity index is 2.47. The lowest BCUT2D eigenvalue weighted by molar-refractivity contribution is 0.102. The van der Waals surface area contributed by atoms with Crippen LogP contribution in [0.1, 0.15) is 16.1 Å². The second-order valence-electron chi connectivity index (χ2n) is 3.19. The van der Waals surface area contributed by atoms with Crippen molar-refractivity contribution < 1.29 is 9.18 Å². The van der Waals surface area contributed by atoms with Crippen molar-refractivity contribution in [1.82, 2.24) is 14.8 Å². The fourth-order valence-corrected chi connectivity index (χ4v) is 1.59. The van der Waals surface area contributed by atoms with E-state index in [1.165, 1.54) is 17.1 Å². The maximum atomic E-state index is 12.9. The third-order valence-electron chi connectivity index (χ3n) is 2.08. The number of hydrogen-bond acceptors (Lipinski definition) is 3. The number of hydrogen-bond donors (Lipinski definition) is 0. The van der Waals surface area contributed by atoms with Crippen molar-refractivity contribution >= 4 is 17.4 Å². The number of carbonyl (C=O) groups excluding carboxylic acids is 1. The van der Waals surface area contributed by atoms with E-state index < -0.39 is 11.6 Å². The number of aryl methyl sites for hydroxylation is 1. The summed E-state index contributed by atoms with van der Waals surface area (Å²) in [6.07, 6.45) is 3.68. The summed E-state index contributed by atoms with van der Waals surface area (Å²) < 4.78 is 14.2. The molecule has 0 saturated heterocycles. The third kappa shape index (κ3) is 1.81. The molecule has 2 heterocycles. The summed E-state index contributed by atoms with van der Waals surface area (Å²) in [6.45, 7) is 0. The minimum atomic E-state index is -0.566. The van der Waals surface area contributed by atoms with Crippen LogP contribution in [0.3, 0.4) is 0 Å². The largest absolute Gasteiger partial charge is 0.287 e. The van der Waals surface area contributed by atoms with E-state index in [-0.39, 0.29) is 16.3 Å². The monoisotopic (exact) mass is 239 g/mol. The first-order valence-corrected chi connectivity index (χ1v) is 4.80. The Kier molecular flexibility index (Phi) is 2.70. The molecule has 82 valence electrons. The average Bonchev–Trinajstić information content (AvgIpc) is 2.58. The highest BCUT2D eigenvalue weighted by Gasteiger charge is 2.18. The summed E-state index contributed by atoms with van der Waals surface area (Å²) >= 11 is 5.81. The second-order valence-corrected chi connectivity index (χ2v) is 3.59. The van der Waals surface area contributed by atoms with E-state index in [1.54, 1.807) is 7.05 Å². The number of rotatable bonds is 2. The Morgan fingerprint density at radius 3 is 2.75 bits per heavy atom. The van der Waals surface area contributed by atoms with Gasteiger partial charge in [-0.1, -0.05) is 11.6 Å². The van der Waals surface area contributed by atoms with Crippen LogP contribution in [0.2, 0.25) is 5.02 Å². The van der Waals surface area contributed by atoms with Crippen molar-refractivity contribution in [1.29, 1.82) is 0 Å². The van der Waals surface area contributed by atoms with Crippen molar-refractivity contribution in [3.8, 4) is 0 Å². The molecule has 0 saturated carbocycles. The number of pyridine rings is 1. The van der Waals surface area contributed by atoms with Crippen LogP contribution in [0, 0.1) is 5.82 Å². The van der Waals surface area contributed by atoms with Crippen LogP contribution in [0.15, 0.2) is 24.7 Å². The molecule has 0 amide bonds. The number of nitrogens with zero attached hydrogens (tertiary/aromatic N) is 3. The van der Waals surface area contributed by atoms with Gasteiger partial charge in [0.2, 0.25) is 5.78 Å². The molecule has 2 rings (SSSR count). The average molecular weight is 240 g/mol. The molecule has 0 spiro atoms. The van der Waals surface area contributed by atoms with Crippen LogP contribution < -0.4 is 0 Å². The molecule has 6 heteroatoms. The van der Waals surface area contributed by atoms with Gasteiger partial charge < -0.3 is 0 Å². The second kappa shape index (κ2) is 4.02. The van der Waals surface area contributed by atoms with E-state index in [0.717, 1.165) is 12.3 Å². The highest BCUT2D eigenvalue weighted by atomic mass is 35.5. The van der Waals surface area contributed by atoms with E-state index in [4.69, 9.17) is 11.6 Å². The Morgan fingerprint density at radius 2 is 2.19 bits per heavy atom. The Bertz CT molecular complexity index is 533. The minimum absolute atomic E-state index is 0.144. The molecular weight excluding hydrogens is 233 g/mol. The molecule has 0 fully saturated rings. The van der Waals surface area contributed by atoms with Gasteiger partial charge in [0, 0.05) is 18.8 Å². The number of aromatic nitrogens is 3. The quantitative estimate of drug-likeness (QED) is 0.752. The van der Waals surface area contributed by atoms with Crippen LogP contribution >= 0.6 is 11.6 Å². The van der Waals surface area contributed by atoms with Crippen LogP contribution in [-0.4, -0.2) is 20.5 Å².